The Hall–Kier alpha value is -1.24. The van der Waals surface area contributed by atoms with Crippen molar-refractivity contribution >= 4 is 5.69 Å². The van der Waals surface area contributed by atoms with Crippen LogP contribution < -0.4 is 4.90 Å². The Morgan fingerprint density at radius 2 is 2.06 bits per heavy atom. The molecule has 1 aliphatic carbocycles. The average Bonchev–Trinajstić information content (AvgIpc) is 2.82. The van der Waals surface area contributed by atoms with Crippen LogP contribution in [0.2, 0.25) is 0 Å². The fourth-order valence-corrected chi connectivity index (χ4v) is 3.00. The Bertz CT molecular complexity index is 419. The number of fused-ring (bicyclic) bond motifs is 1. The second-order valence-corrected chi connectivity index (χ2v) is 4.97. The lowest BCUT2D eigenvalue weighted by molar-refractivity contribution is 0.592. The maximum Gasteiger partial charge on any atom is 0.0443 e. The molecular weight excluding hydrogens is 194 g/mol. The largest absolute Gasteiger partial charge is 0.342 e. The third-order valence-corrected chi connectivity index (χ3v) is 3.85. The smallest absolute Gasteiger partial charge is 0.0443 e. The molecule has 0 amide bonds. The van der Waals surface area contributed by atoms with Gasteiger partial charge in [0.2, 0.25) is 0 Å². The van der Waals surface area contributed by atoms with Crippen LogP contribution in [0.25, 0.3) is 0 Å². The molecule has 3 rings (SSSR count). The number of aryl methyl sites for hydroxylation is 1. The van der Waals surface area contributed by atoms with Crippen LogP contribution in [0.4, 0.5) is 5.69 Å². The molecule has 1 heterocycles. The first-order valence-electron chi connectivity index (χ1n) is 6.42. The number of hydrogen-bond acceptors (Lipinski definition) is 1. The van der Waals surface area contributed by atoms with Crippen molar-refractivity contribution in [1.29, 1.82) is 0 Å². The molecule has 0 spiro atoms. The monoisotopic (exact) mass is 213 g/mol. The van der Waals surface area contributed by atoms with Crippen LogP contribution in [0.3, 0.4) is 0 Å². The van der Waals surface area contributed by atoms with Crippen molar-refractivity contribution in [2.24, 2.45) is 0 Å². The Balaban J connectivity index is 2.03. The molecular formula is C15H19N. The molecule has 1 heteroatoms. The van der Waals surface area contributed by atoms with Crippen LogP contribution in [-0.4, -0.2) is 6.04 Å². The van der Waals surface area contributed by atoms with E-state index in [9.17, 15) is 0 Å². The molecule has 0 fully saturated rings. The van der Waals surface area contributed by atoms with Crippen molar-refractivity contribution in [2.75, 3.05) is 4.90 Å². The van der Waals surface area contributed by atoms with Gasteiger partial charge in [-0.15, -0.1) is 0 Å². The summed E-state index contributed by atoms with van der Waals surface area (Å²) in [5.41, 5.74) is 4.53. The van der Waals surface area contributed by atoms with Gasteiger partial charge in [0, 0.05) is 17.4 Å². The highest BCUT2D eigenvalue weighted by molar-refractivity contribution is 5.61. The quantitative estimate of drug-likeness (QED) is 0.684. The van der Waals surface area contributed by atoms with Gasteiger partial charge in [0.15, 0.2) is 0 Å². The first-order valence-corrected chi connectivity index (χ1v) is 6.42. The third kappa shape index (κ3) is 1.55. The third-order valence-electron chi connectivity index (χ3n) is 3.85. The summed E-state index contributed by atoms with van der Waals surface area (Å²) in [6.07, 6.45) is 8.81. The number of allylic oxidation sites excluding steroid dienone is 2. The fourth-order valence-electron chi connectivity index (χ4n) is 3.00. The molecule has 0 N–H and O–H groups in total. The first-order chi connectivity index (χ1) is 7.86. The Morgan fingerprint density at radius 1 is 1.19 bits per heavy atom. The standard InChI is InChI=1S/C15H19N/c1-12-10-11-13-6-2-5-9-15(13)16(12)14-7-3-4-8-14/h2,5-7,9,12H,3-4,8,10-11H2,1H3. The van der Waals surface area contributed by atoms with E-state index in [4.69, 9.17) is 0 Å². The molecule has 1 aromatic carbocycles. The van der Waals surface area contributed by atoms with Crippen LogP contribution in [-0.2, 0) is 6.42 Å². The minimum absolute atomic E-state index is 0.666. The molecule has 2 aliphatic rings. The lowest BCUT2D eigenvalue weighted by Gasteiger charge is -2.38. The van der Waals surface area contributed by atoms with E-state index in [1.807, 2.05) is 0 Å². The molecule has 0 saturated heterocycles. The van der Waals surface area contributed by atoms with Gasteiger partial charge < -0.3 is 4.90 Å². The molecule has 84 valence electrons. The molecule has 0 saturated carbocycles. The zero-order chi connectivity index (χ0) is 11.0. The number of rotatable bonds is 1. The minimum atomic E-state index is 0.666. The molecule has 16 heavy (non-hydrogen) atoms. The van der Waals surface area contributed by atoms with E-state index in [0.29, 0.717) is 6.04 Å². The summed E-state index contributed by atoms with van der Waals surface area (Å²) in [5.74, 6) is 0. The summed E-state index contributed by atoms with van der Waals surface area (Å²) in [7, 11) is 0. The summed E-state index contributed by atoms with van der Waals surface area (Å²) in [5, 5.41) is 0. The van der Waals surface area contributed by atoms with Crippen molar-refractivity contribution < 1.29 is 0 Å². The minimum Gasteiger partial charge on any atom is -0.342 e. The molecule has 1 aliphatic heterocycles. The van der Waals surface area contributed by atoms with Crippen LogP contribution in [0.1, 0.15) is 38.2 Å². The van der Waals surface area contributed by atoms with Gasteiger partial charge in [0.25, 0.3) is 0 Å². The van der Waals surface area contributed by atoms with Crippen molar-refractivity contribution in [3.63, 3.8) is 0 Å². The highest BCUT2D eigenvalue weighted by Gasteiger charge is 2.26. The normalized spacial score (nSPS) is 24.2. The van der Waals surface area contributed by atoms with Crippen molar-refractivity contribution in [1.82, 2.24) is 0 Å². The Morgan fingerprint density at radius 3 is 2.88 bits per heavy atom. The molecule has 1 atom stereocenters. The number of para-hydroxylation sites is 1. The van der Waals surface area contributed by atoms with Crippen molar-refractivity contribution in [2.45, 2.75) is 45.1 Å². The van der Waals surface area contributed by atoms with E-state index in [-0.39, 0.29) is 0 Å². The van der Waals surface area contributed by atoms with E-state index in [2.05, 4.69) is 42.2 Å². The average molecular weight is 213 g/mol. The van der Waals surface area contributed by atoms with Gasteiger partial charge >= 0.3 is 0 Å². The van der Waals surface area contributed by atoms with Gasteiger partial charge in [-0.3, -0.25) is 0 Å². The van der Waals surface area contributed by atoms with E-state index >= 15 is 0 Å². The predicted octanol–water partition coefficient (Wildman–Crippen LogP) is 3.90. The predicted molar refractivity (Wildman–Crippen MR) is 68.6 cm³/mol. The zero-order valence-corrected chi connectivity index (χ0v) is 9.95. The summed E-state index contributed by atoms with van der Waals surface area (Å²) in [6.45, 7) is 2.36. The first kappa shape index (κ1) is 9.95. The lowest BCUT2D eigenvalue weighted by Crippen LogP contribution is -2.36. The van der Waals surface area contributed by atoms with E-state index in [1.54, 1.807) is 5.70 Å². The fraction of sp³-hybridized carbons (Fsp3) is 0.467. The van der Waals surface area contributed by atoms with Gasteiger partial charge in [-0.05, 0) is 50.7 Å². The van der Waals surface area contributed by atoms with E-state index in [1.165, 1.54) is 43.4 Å². The molecule has 1 aromatic rings. The van der Waals surface area contributed by atoms with E-state index in [0.717, 1.165) is 0 Å². The summed E-state index contributed by atoms with van der Waals surface area (Å²) in [4.78, 5) is 2.58. The topological polar surface area (TPSA) is 3.24 Å². The lowest BCUT2D eigenvalue weighted by atomic mass is 9.96. The van der Waals surface area contributed by atoms with Gasteiger partial charge in [-0.25, -0.2) is 0 Å². The second kappa shape index (κ2) is 3.97. The highest BCUT2D eigenvalue weighted by Crippen LogP contribution is 2.36. The number of benzene rings is 1. The van der Waals surface area contributed by atoms with Gasteiger partial charge in [-0.1, -0.05) is 24.3 Å². The van der Waals surface area contributed by atoms with Crippen LogP contribution in [0, 0.1) is 0 Å². The van der Waals surface area contributed by atoms with Gasteiger partial charge in [0.1, 0.15) is 0 Å². The maximum absolute atomic E-state index is 2.58. The molecule has 1 unspecified atom stereocenters. The molecule has 0 radical (unpaired) electrons. The van der Waals surface area contributed by atoms with Crippen LogP contribution >= 0.6 is 0 Å². The summed E-state index contributed by atoms with van der Waals surface area (Å²) in [6, 6.07) is 9.56. The van der Waals surface area contributed by atoms with Crippen molar-refractivity contribution in [3.8, 4) is 0 Å². The maximum atomic E-state index is 2.58. The van der Waals surface area contributed by atoms with Gasteiger partial charge in [-0.2, -0.15) is 0 Å². The SMILES string of the molecule is CC1CCc2ccccc2N1C1=CCCC1. The second-order valence-electron chi connectivity index (χ2n) is 4.97. The zero-order valence-electron chi connectivity index (χ0n) is 9.95. The van der Waals surface area contributed by atoms with E-state index < -0.39 is 0 Å². The summed E-state index contributed by atoms with van der Waals surface area (Å²) >= 11 is 0. The number of anilines is 1. The van der Waals surface area contributed by atoms with Crippen molar-refractivity contribution in [3.05, 3.63) is 41.6 Å². The molecule has 0 aromatic heterocycles. The number of hydrogen-bond donors (Lipinski definition) is 0. The summed E-state index contributed by atoms with van der Waals surface area (Å²) < 4.78 is 0. The molecule has 1 nitrogen and oxygen atoms in total. The van der Waals surface area contributed by atoms with Crippen LogP contribution in [0.15, 0.2) is 36.0 Å². The highest BCUT2D eigenvalue weighted by atomic mass is 15.2. The Kier molecular flexibility index (Phi) is 2.47. The van der Waals surface area contributed by atoms with Crippen LogP contribution in [0.5, 0.6) is 0 Å². The van der Waals surface area contributed by atoms with Gasteiger partial charge in [0.05, 0.1) is 0 Å². The Labute approximate surface area is 97.8 Å². The molecule has 0 bridgehead atoms. The number of nitrogens with zero attached hydrogens (tertiary/aromatic N) is 1.